The Morgan fingerprint density at radius 1 is 0.468 bits per heavy atom. The highest BCUT2D eigenvalue weighted by Crippen LogP contribution is 2.60. The van der Waals surface area contributed by atoms with Crippen molar-refractivity contribution in [3.05, 3.63) is 197 Å². The summed E-state index contributed by atoms with van der Waals surface area (Å²) in [5.74, 6) is 0. The molecule has 0 radical (unpaired) electrons. The van der Waals surface area contributed by atoms with Gasteiger partial charge in [0, 0.05) is 39.0 Å². The first-order valence-corrected chi connectivity index (χ1v) is 28.9. The van der Waals surface area contributed by atoms with Gasteiger partial charge in [0.15, 0.2) is 0 Å². The van der Waals surface area contributed by atoms with E-state index in [1.54, 1.807) is 0 Å². The van der Waals surface area contributed by atoms with Gasteiger partial charge in [0.25, 0.3) is 0 Å². The van der Waals surface area contributed by atoms with E-state index in [2.05, 4.69) is 244 Å². The second-order valence-electron chi connectivity index (χ2n) is 26.8. The van der Waals surface area contributed by atoms with Crippen molar-refractivity contribution in [2.45, 2.75) is 148 Å². The van der Waals surface area contributed by atoms with Crippen molar-refractivity contribution < 1.29 is 4.42 Å². The Morgan fingerprint density at radius 2 is 1.09 bits per heavy atom. The molecular formula is C73H73BN2O. The molecule has 8 aromatic carbocycles. The van der Waals surface area contributed by atoms with Crippen LogP contribution in [0.4, 0.5) is 28.4 Å². The van der Waals surface area contributed by atoms with Gasteiger partial charge in [-0.3, -0.25) is 0 Å². The lowest BCUT2D eigenvalue weighted by atomic mass is 9.45. The third-order valence-electron chi connectivity index (χ3n) is 19.7. The molecule has 9 aromatic rings. The van der Waals surface area contributed by atoms with E-state index in [1.165, 1.54) is 123 Å². The zero-order valence-corrected chi connectivity index (χ0v) is 47.3. The molecule has 3 nitrogen and oxygen atoms in total. The van der Waals surface area contributed by atoms with E-state index in [9.17, 15) is 0 Å². The van der Waals surface area contributed by atoms with Crippen LogP contribution >= 0.6 is 0 Å². The van der Waals surface area contributed by atoms with Gasteiger partial charge in [0.1, 0.15) is 11.2 Å². The van der Waals surface area contributed by atoms with Crippen molar-refractivity contribution in [1.82, 2.24) is 0 Å². The molecule has 0 amide bonds. The van der Waals surface area contributed by atoms with Crippen molar-refractivity contribution in [1.29, 1.82) is 0 Å². The molecular weight excluding hydrogens is 932 g/mol. The molecule has 0 N–H and O–H groups in total. The van der Waals surface area contributed by atoms with Crippen LogP contribution in [0.2, 0.25) is 0 Å². The van der Waals surface area contributed by atoms with Crippen molar-refractivity contribution in [2.75, 3.05) is 9.71 Å². The van der Waals surface area contributed by atoms with Crippen LogP contribution in [0.3, 0.4) is 0 Å². The number of benzene rings is 8. The Balaban J connectivity index is 1.17. The molecule has 0 fully saturated rings. The van der Waals surface area contributed by atoms with Gasteiger partial charge in [-0.05, 0) is 193 Å². The van der Waals surface area contributed by atoms with Gasteiger partial charge in [-0.2, -0.15) is 0 Å². The van der Waals surface area contributed by atoms with Crippen molar-refractivity contribution in [3.8, 4) is 44.5 Å². The number of rotatable bonds is 7. The standard InChI is InChI=1S/C73H73BN2O/c1-12-13-22-45-29-33-60(51(39-45)47-25-18-15-19-26-47)75-62-43-59-64(50-27-20-21-28-54(50)73(59,10)11)65-52-40-48(46-23-16-14-17-24-46)30-34-61(52)76(49-31-32-55-56(41-49)70(4,5)36-35-69(55,2)3)74(66(62)65)68-67(75)53-42-57-58(44-63(53)77-68)72(8,9)38-37-71(57,6)7/h14-21,23-34,39-44H,12-13,22,35-38H2,1-11H3. The van der Waals surface area contributed by atoms with E-state index in [0.717, 1.165) is 55.5 Å². The van der Waals surface area contributed by atoms with Crippen LogP contribution in [-0.2, 0) is 33.5 Å². The molecule has 0 bridgehead atoms. The lowest BCUT2D eigenvalue weighted by Crippen LogP contribution is -2.61. The Morgan fingerprint density at radius 3 is 1.79 bits per heavy atom. The Hall–Kier alpha value is -7.04. The molecule has 0 saturated heterocycles. The minimum absolute atomic E-state index is 0.00347. The van der Waals surface area contributed by atoms with Crippen LogP contribution in [0.15, 0.2) is 162 Å². The lowest BCUT2D eigenvalue weighted by molar-refractivity contribution is 0.332. The van der Waals surface area contributed by atoms with E-state index in [-0.39, 0.29) is 33.9 Å². The van der Waals surface area contributed by atoms with Crippen LogP contribution < -0.4 is 20.8 Å². The second kappa shape index (κ2) is 16.7. The predicted octanol–water partition coefficient (Wildman–Crippen LogP) is 18.8. The number of hydrogen-bond donors (Lipinski definition) is 0. The first kappa shape index (κ1) is 48.3. The second-order valence-corrected chi connectivity index (χ2v) is 26.8. The van der Waals surface area contributed by atoms with E-state index in [1.807, 2.05) is 0 Å². The minimum atomic E-state index is -0.297. The fraction of sp³-hybridized carbons (Fsp3) is 0.315. The average Bonchev–Trinajstić information content (AvgIpc) is 3.74. The number of nitrogens with zero attached hydrogens (tertiary/aromatic N) is 2. The molecule has 0 atom stereocenters. The Kier molecular flexibility index (Phi) is 10.5. The first-order chi connectivity index (χ1) is 36.9. The van der Waals surface area contributed by atoms with E-state index < -0.39 is 0 Å². The highest BCUT2D eigenvalue weighted by Gasteiger charge is 2.53. The molecule has 0 saturated carbocycles. The van der Waals surface area contributed by atoms with Gasteiger partial charge in [0.2, 0.25) is 0 Å². The van der Waals surface area contributed by atoms with Crippen LogP contribution in [-0.4, -0.2) is 6.85 Å². The first-order valence-electron chi connectivity index (χ1n) is 28.9. The zero-order valence-electron chi connectivity index (χ0n) is 47.3. The fourth-order valence-electron chi connectivity index (χ4n) is 15.0. The highest BCUT2D eigenvalue weighted by molar-refractivity contribution is 6.93. The molecule has 1 aromatic heterocycles. The SMILES string of the molecule is CCCCc1ccc(N2c3cc4c(c5c3B(c3oc6cc7c(cc6c32)C(C)(C)CCC7(C)C)N(c2ccc3c(c2)C(C)(C)CCC3(C)C)c2ccc(-c3ccccc3)cc2-5)-c2ccccc2C4(C)C)c(-c2ccccc2)c1. The topological polar surface area (TPSA) is 19.6 Å². The van der Waals surface area contributed by atoms with Gasteiger partial charge in [-0.15, -0.1) is 0 Å². The molecule has 0 spiro atoms. The largest absolute Gasteiger partial charge is 0.466 e. The van der Waals surface area contributed by atoms with Crippen LogP contribution in [0.1, 0.15) is 154 Å². The zero-order chi connectivity index (χ0) is 53.1. The van der Waals surface area contributed by atoms with Gasteiger partial charge in [-0.1, -0.05) is 186 Å². The summed E-state index contributed by atoms with van der Waals surface area (Å²) in [6, 6.07) is 61.4. The minimum Gasteiger partial charge on any atom is -0.466 e. The molecule has 77 heavy (non-hydrogen) atoms. The smallest absolute Gasteiger partial charge is 0.375 e. The monoisotopic (exact) mass is 1000 g/mol. The molecule has 3 aliphatic carbocycles. The van der Waals surface area contributed by atoms with Crippen LogP contribution in [0.5, 0.6) is 0 Å². The van der Waals surface area contributed by atoms with Gasteiger partial charge < -0.3 is 14.1 Å². The number of unbranched alkanes of at least 4 members (excludes halogenated alkanes) is 1. The molecule has 0 unspecified atom stereocenters. The summed E-state index contributed by atoms with van der Waals surface area (Å²) in [6.45, 7) is 26.6. The summed E-state index contributed by atoms with van der Waals surface area (Å²) in [7, 11) is 0. The molecule has 14 rings (SSSR count). The maximum absolute atomic E-state index is 7.93. The van der Waals surface area contributed by atoms with E-state index >= 15 is 0 Å². The Bertz CT molecular complexity index is 3910. The fourth-order valence-corrected chi connectivity index (χ4v) is 15.0. The summed E-state index contributed by atoms with van der Waals surface area (Å²) >= 11 is 0. The van der Waals surface area contributed by atoms with Crippen molar-refractivity contribution in [2.24, 2.45) is 0 Å². The summed E-state index contributed by atoms with van der Waals surface area (Å²) in [6.07, 6.45) is 7.93. The molecule has 2 aliphatic heterocycles. The van der Waals surface area contributed by atoms with Crippen LogP contribution in [0.25, 0.3) is 55.5 Å². The van der Waals surface area contributed by atoms with Crippen molar-refractivity contribution >= 4 is 57.4 Å². The predicted molar refractivity (Wildman–Crippen MR) is 328 cm³/mol. The summed E-state index contributed by atoms with van der Waals surface area (Å²) in [5.41, 5.74) is 29.2. The third-order valence-corrected chi connectivity index (χ3v) is 19.7. The lowest BCUT2D eigenvalue weighted by Gasteiger charge is -2.46. The summed E-state index contributed by atoms with van der Waals surface area (Å²) < 4.78 is 7.93. The highest BCUT2D eigenvalue weighted by atomic mass is 16.3. The average molecular weight is 1010 g/mol. The van der Waals surface area contributed by atoms with E-state index in [4.69, 9.17) is 4.42 Å². The summed E-state index contributed by atoms with van der Waals surface area (Å²) in [4.78, 5) is 5.41. The van der Waals surface area contributed by atoms with Gasteiger partial charge in [0.05, 0.1) is 11.4 Å². The third kappa shape index (κ3) is 7.08. The number of hydrogen-bond acceptors (Lipinski definition) is 3. The van der Waals surface area contributed by atoms with Gasteiger partial charge >= 0.3 is 6.85 Å². The maximum Gasteiger partial charge on any atom is 0.375 e. The number of furan rings is 1. The van der Waals surface area contributed by atoms with E-state index in [0.29, 0.717) is 0 Å². The summed E-state index contributed by atoms with van der Waals surface area (Å²) in [5, 5.41) is 1.19. The molecule has 5 aliphatic rings. The molecule has 384 valence electrons. The number of fused-ring (bicyclic) bond motifs is 12. The number of anilines is 5. The Labute approximate surface area is 458 Å². The molecule has 4 heteroatoms. The van der Waals surface area contributed by atoms with Crippen LogP contribution in [0, 0.1) is 0 Å². The maximum atomic E-state index is 7.93. The molecule has 3 heterocycles. The normalized spacial score (nSPS) is 18.2. The van der Waals surface area contributed by atoms with Gasteiger partial charge in [-0.25, -0.2) is 0 Å². The van der Waals surface area contributed by atoms with Crippen molar-refractivity contribution in [3.63, 3.8) is 0 Å². The quantitative estimate of drug-likeness (QED) is 0.148. The number of aryl methyl sites for hydroxylation is 1.